The molecule has 0 saturated carbocycles. The van der Waals surface area contributed by atoms with E-state index in [1.807, 2.05) is 31.2 Å². The van der Waals surface area contributed by atoms with Gasteiger partial charge in [0.15, 0.2) is 0 Å². The van der Waals surface area contributed by atoms with Crippen molar-refractivity contribution in [2.24, 2.45) is 0 Å². The van der Waals surface area contributed by atoms with Crippen molar-refractivity contribution in [3.63, 3.8) is 0 Å². The molecule has 0 bridgehead atoms. The number of methoxy groups -OCH3 is 2. The Bertz CT molecular complexity index is 489. The Hall–Kier alpha value is -1.92. The summed E-state index contributed by atoms with van der Waals surface area (Å²) in [4.78, 5) is 23.7. The molecule has 0 unspecified atom stereocenters. The van der Waals surface area contributed by atoms with E-state index in [1.54, 1.807) is 7.11 Å². The van der Waals surface area contributed by atoms with E-state index < -0.39 is 12.0 Å². The molecule has 22 heavy (non-hydrogen) atoms. The molecule has 1 rings (SSSR count). The summed E-state index contributed by atoms with van der Waals surface area (Å²) in [7, 11) is 2.85. The van der Waals surface area contributed by atoms with Gasteiger partial charge in [-0.05, 0) is 18.1 Å². The van der Waals surface area contributed by atoms with Gasteiger partial charge in [0, 0.05) is 13.5 Å². The van der Waals surface area contributed by atoms with E-state index in [2.05, 4.69) is 5.32 Å². The van der Waals surface area contributed by atoms with Crippen molar-refractivity contribution in [2.45, 2.75) is 19.4 Å². The molecule has 0 aromatic heterocycles. The van der Waals surface area contributed by atoms with Crippen LogP contribution in [0.5, 0.6) is 0 Å². The van der Waals surface area contributed by atoms with Crippen LogP contribution in [-0.2, 0) is 30.2 Å². The number of hydrogen-bond acceptors (Lipinski definition) is 5. The molecule has 122 valence electrons. The van der Waals surface area contributed by atoms with Crippen molar-refractivity contribution >= 4 is 11.9 Å². The first-order chi connectivity index (χ1) is 10.6. The fourth-order valence-corrected chi connectivity index (χ4v) is 1.94. The van der Waals surface area contributed by atoms with Gasteiger partial charge in [0.2, 0.25) is 5.91 Å². The zero-order valence-electron chi connectivity index (χ0n) is 13.3. The minimum absolute atomic E-state index is 0.120. The van der Waals surface area contributed by atoms with Gasteiger partial charge in [-0.25, -0.2) is 4.79 Å². The minimum atomic E-state index is -0.732. The quantitative estimate of drug-likeness (QED) is 0.541. The van der Waals surface area contributed by atoms with Gasteiger partial charge in [0.25, 0.3) is 0 Å². The maximum absolute atomic E-state index is 11.8. The molecule has 1 amide bonds. The van der Waals surface area contributed by atoms with Crippen LogP contribution in [0.3, 0.4) is 0 Å². The third kappa shape index (κ3) is 6.24. The van der Waals surface area contributed by atoms with Gasteiger partial charge in [0.1, 0.15) is 12.6 Å². The number of nitrogens with one attached hydrogen (secondary N) is 1. The second-order valence-corrected chi connectivity index (χ2v) is 4.82. The number of benzene rings is 1. The summed E-state index contributed by atoms with van der Waals surface area (Å²) in [6.45, 7) is 2.57. The van der Waals surface area contributed by atoms with Crippen molar-refractivity contribution in [1.29, 1.82) is 0 Å². The lowest BCUT2D eigenvalue weighted by Crippen LogP contribution is -2.44. The molecule has 0 heterocycles. The largest absolute Gasteiger partial charge is 0.467 e. The van der Waals surface area contributed by atoms with Gasteiger partial charge >= 0.3 is 5.97 Å². The van der Waals surface area contributed by atoms with E-state index in [9.17, 15) is 9.59 Å². The standard InChI is InChI=1S/C16H23NO5/c1-12-6-4-5-7-13(12)10-14(16(19)21-3)17-15(18)11-22-9-8-20-2/h4-7,14H,8-11H2,1-3H3,(H,17,18)/t14-/m1/s1. The molecule has 1 atom stereocenters. The first kappa shape index (κ1) is 18.1. The number of ether oxygens (including phenoxy) is 3. The summed E-state index contributed by atoms with van der Waals surface area (Å²) in [5, 5.41) is 2.64. The second kappa shape index (κ2) is 9.92. The number of amides is 1. The molecular weight excluding hydrogens is 286 g/mol. The van der Waals surface area contributed by atoms with Crippen LogP contribution in [-0.4, -0.2) is 52.0 Å². The number of esters is 1. The Morgan fingerprint density at radius 2 is 1.91 bits per heavy atom. The first-order valence-electron chi connectivity index (χ1n) is 7.06. The zero-order chi connectivity index (χ0) is 16.4. The van der Waals surface area contributed by atoms with Crippen molar-refractivity contribution in [2.75, 3.05) is 34.0 Å². The molecule has 0 saturated heterocycles. The number of carbonyl (C=O) groups is 2. The van der Waals surface area contributed by atoms with Crippen LogP contribution in [0.4, 0.5) is 0 Å². The topological polar surface area (TPSA) is 73.9 Å². The summed E-state index contributed by atoms with van der Waals surface area (Å²) >= 11 is 0. The lowest BCUT2D eigenvalue weighted by molar-refractivity contribution is -0.145. The van der Waals surface area contributed by atoms with Crippen LogP contribution in [0.2, 0.25) is 0 Å². The lowest BCUT2D eigenvalue weighted by atomic mass is 10.0. The minimum Gasteiger partial charge on any atom is -0.467 e. The van der Waals surface area contributed by atoms with Crippen LogP contribution in [0.1, 0.15) is 11.1 Å². The van der Waals surface area contributed by atoms with E-state index in [-0.39, 0.29) is 12.5 Å². The summed E-state index contributed by atoms with van der Waals surface area (Å²) in [6.07, 6.45) is 0.378. The zero-order valence-corrected chi connectivity index (χ0v) is 13.3. The highest BCUT2D eigenvalue weighted by Crippen LogP contribution is 2.10. The summed E-state index contributed by atoms with van der Waals surface area (Å²) in [5.74, 6) is -0.839. The maximum atomic E-state index is 11.8. The highest BCUT2D eigenvalue weighted by atomic mass is 16.5. The SMILES string of the molecule is COCCOCC(=O)N[C@H](Cc1ccccc1C)C(=O)OC. The van der Waals surface area contributed by atoms with E-state index in [4.69, 9.17) is 14.2 Å². The van der Waals surface area contributed by atoms with Gasteiger partial charge in [0.05, 0.1) is 20.3 Å². The van der Waals surface area contributed by atoms with Crippen molar-refractivity contribution in [1.82, 2.24) is 5.32 Å². The Balaban J connectivity index is 2.60. The molecular formula is C16H23NO5. The Kier molecular flexibility index (Phi) is 8.17. The number of hydrogen-bond donors (Lipinski definition) is 1. The van der Waals surface area contributed by atoms with Crippen LogP contribution >= 0.6 is 0 Å². The van der Waals surface area contributed by atoms with Gasteiger partial charge in [-0.2, -0.15) is 0 Å². The predicted octanol–water partition coefficient (Wildman–Crippen LogP) is 0.858. The van der Waals surface area contributed by atoms with Gasteiger partial charge in [-0.3, -0.25) is 4.79 Å². The van der Waals surface area contributed by atoms with Crippen molar-refractivity contribution in [3.05, 3.63) is 35.4 Å². The fraction of sp³-hybridized carbons (Fsp3) is 0.500. The number of rotatable bonds is 9. The molecule has 0 spiro atoms. The van der Waals surface area contributed by atoms with Crippen molar-refractivity contribution in [3.8, 4) is 0 Å². The van der Waals surface area contributed by atoms with E-state index in [0.29, 0.717) is 19.6 Å². The third-order valence-electron chi connectivity index (χ3n) is 3.17. The number of carbonyl (C=O) groups excluding carboxylic acids is 2. The molecule has 0 radical (unpaired) electrons. The Morgan fingerprint density at radius 1 is 1.18 bits per heavy atom. The highest BCUT2D eigenvalue weighted by molar-refractivity contribution is 5.85. The first-order valence-corrected chi connectivity index (χ1v) is 7.06. The average Bonchev–Trinajstić information content (AvgIpc) is 2.52. The molecule has 1 aromatic rings. The van der Waals surface area contributed by atoms with Crippen LogP contribution in [0, 0.1) is 6.92 Å². The van der Waals surface area contributed by atoms with E-state index >= 15 is 0 Å². The van der Waals surface area contributed by atoms with Crippen LogP contribution in [0.15, 0.2) is 24.3 Å². The van der Waals surface area contributed by atoms with Gasteiger partial charge < -0.3 is 19.5 Å². The number of aryl methyl sites for hydroxylation is 1. The normalized spacial score (nSPS) is 11.8. The fourth-order valence-electron chi connectivity index (χ4n) is 1.94. The monoisotopic (exact) mass is 309 g/mol. The summed E-state index contributed by atoms with van der Waals surface area (Å²) in [5.41, 5.74) is 2.04. The molecule has 6 heteroatoms. The van der Waals surface area contributed by atoms with Gasteiger partial charge in [-0.15, -0.1) is 0 Å². The molecule has 0 aliphatic carbocycles. The van der Waals surface area contributed by atoms with Crippen LogP contribution in [0.25, 0.3) is 0 Å². The lowest BCUT2D eigenvalue weighted by Gasteiger charge is -2.17. The maximum Gasteiger partial charge on any atom is 0.328 e. The predicted molar refractivity (Wildman–Crippen MR) is 81.5 cm³/mol. The summed E-state index contributed by atoms with van der Waals surface area (Å²) < 4.78 is 14.7. The molecule has 0 aliphatic heterocycles. The Morgan fingerprint density at radius 3 is 2.55 bits per heavy atom. The average molecular weight is 309 g/mol. The highest BCUT2D eigenvalue weighted by Gasteiger charge is 2.22. The Labute approximate surface area is 130 Å². The van der Waals surface area contributed by atoms with Crippen LogP contribution < -0.4 is 5.32 Å². The second-order valence-electron chi connectivity index (χ2n) is 4.82. The molecule has 1 aromatic carbocycles. The molecule has 6 nitrogen and oxygen atoms in total. The third-order valence-corrected chi connectivity index (χ3v) is 3.17. The van der Waals surface area contributed by atoms with E-state index in [1.165, 1.54) is 7.11 Å². The van der Waals surface area contributed by atoms with Gasteiger partial charge in [-0.1, -0.05) is 24.3 Å². The molecule has 1 N–H and O–H groups in total. The smallest absolute Gasteiger partial charge is 0.328 e. The van der Waals surface area contributed by atoms with Crippen molar-refractivity contribution < 1.29 is 23.8 Å². The van der Waals surface area contributed by atoms with E-state index in [0.717, 1.165) is 11.1 Å². The molecule has 0 fully saturated rings. The summed E-state index contributed by atoms with van der Waals surface area (Å²) in [6, 6.07) is 6.97. The molecule has 0 aliphatic rings.